The molecule has 0 spiro atoms. The number of carbonyl (C=O) groups excluding carboxylic acids is 1. The zero-order valence-electron chi connectivity index (χ0n) is 14.2. The monoisotopic (exact) mass is 312 g/mol. The molecule has 2 N–H and O–H groups in total. The van der Waals surface area contributed by atoms with Crippen molar-refractivity contribution in [1.29, 1.82) is 0 Å². The van der Waals surface area contributed by atoms with Gasteiger partial charge in [-0.3, -0.25) is 4.79 Å². The molecule has 0 bridgehead atoms. The molecule has 0 aliphatic heterocycles. The summed E-state index contributed by atoms with van der Waals surface area (Å²) in [6.45, 7) is 8.99. The number of anilines is 2. The third-order valence-electron chi connectivity index (χ3n) is 3.64. The number of nitrogens with zero attached hydrogens (tertiary/aromatic N) is 2. The van der Waals surface area contributed by atoms with E-state index in [1.165, 1.54) is 0 Å². The zero-order valence-corrected chi connectivity index (χ0v) is 14.2. The number of benzene rings is 1. The minimum Gasteiger partial charge on any atom is -0.352 e. The Balaban J connectivity index is 2.01. The van der Waals surface area contributed by atoms with Gasteiger partial charge in [0.2, 0.25) is 5.95 Å². The van der Waals surface area contributed by atoms with Gasteiger partial charge < -0.3 is 10.6 Å². The minimum absolute atomic E-state index is 0.135. The van der Waals surface area contributed by atoms with E-state index in [0.29, 0.717) is 24.0 Å². The summed E-state index contributed by atoms with van der Waals surface area (Å²) in [5.41, 5.74) is 3.73. The first-order chi connectivity index (χ1) is 11.0. The lowest BCUT2D eigenvalue weighted by Gasteiger charge is -2.11. The summed E-state index contributed by atoms with van der Waals surface area (Å²) in [4.78, 5) is 20.5. The molecule has 0 saturated heterocycles. The standard InChI is InChI=1S/C18H24N4O/c1-12(2)8-9-19-17(23)15-10-20-18(21-11-15)22-16-13(3)6-5-7-14(16)4/h5-7,10-12H,8-9H2,1-4H3,(H,19,23)(H,20,21,22). The van der Waals surface area contributed by atoms with Crippen molar-refractivity contribution in [1.82, 2.24) is 15.3 Å². The topological polar surface area (TPSA) is 66.9 Å². The van der Waals surface area contributed by atoms with Crippen LogP contribution in [0.15, 0.2) is 30.6 Å². The first-order valence-corrected chi connectivity index (χ1v) is 7.91. The highest BCUT2D eigenvalue weighted by Gasteiger charge is 2.08. The number of carbonyl (C=O) groups is 1. The van der Waals surface area contributed by atoms with Crippen LogP contribution < -0.4 is 10.6 Å². The van der Waals surface area contributed by atoms with Crippen molar-refractivity contribution in [2.45, 2.75) is 34.1 Å². The average Bonchev–Trinajstić information content (AvgIpc) is 2.51. The van der Waals surface area contributed by atoms with Gasteiger partial charge in [-0.1, -0.05) is 32.0 Å². The zero-order chi connectivity index (χ0) is 16.8. The van der Waals surface area contributed by atoms with Crippen molar-refractivity contribution in [3.05, 3.63) is 47.3 Å². The van der Waals surface area contributed by atoms with Crippen LogP contribution in [0.2, 0.25) is 0 Å². The molecule has 0 fully saturated rings. The van der Waals surface area contributed by atoms with E-state index >= 15 is 0 Å². The number of rotatable bonds is 6. The van der Waals surface area contributed by atoms with Gasteiger partial charge in [-0.2, -0.15) is 0 Å². The van der Waals surface area contributed by atoms with Gasteiger partial charge in [0.1, 0.15) is 0 Å². The van der Waals surface area contributed by atoms with Crippen LogP contribution in [0.3, 0.4) is 0 Å². The molecule has 0 radical (unpaired) electrons. The van der Waals surface area contributed by atoms with Crippen LogP contribution >= 0.6 is 0 Å². The molecule has 1 aromatic heterocycles. The summed E-state index contributed by atoms with van der Waals surface area (Å²) in [5.74, 6) is 0.917. The molecule has 1 amide bonds. The summed E-state index contributed by atoms with van der Waals surface area (Å²) >= 11 is 0. The summed E-state index contributed by atoms with van der Waals surface area (Å²) < 4.78 is 0. The molecule has 1 aromatic carbocycles. The Kier molecular flexibility index (Phi) is 5.68. The molecule has 2 rings (SSSR count). The number of hydrogen-bond donors (Lipinski definition) is 2. The first-order valence-electron chi connectivity index (χ1n) is 7.91. The number of nitrogens with one attached hydrogen (secondary N) is 2. The molecule has 0 aliphatic rings. The summed E-state index contributed by atoms with van der Waals surface area (Å²) in [5, 5.41) is 6.09. The number of para-hydroxylation sites is 1. The Morgan fingerprint density at radius 3 is 2.30 bits per heavy atom. The van der Waals surface area contributed by atoms with E-state index in [1.807, 2.05) is 32.0 Å². The molecule has 23 heavy (non-hydrogen) atoms. The molecular weight excluding hydrogens is 288 g/mol. The van der Waals surface area contributed by atoms with Gasteiger partial charge in [0.25, 0.3) is 5.91 Å². The molecule has 0 unspecified atom stereocenters. The van der Waals surface area contributed by atoms with E-state index in [2.05, 4.69) is 34.4 Å². The molecule has 0 aliphatic carbocycles. The molecule has 5 nitrogen and oxygen atoms in total. The highest BCUT2D eigenvalue weighted by Crippen LogP contribution is 2.22. The summed E-state index contributed by atoms with van der Waals surface area (Å²) in [6.07, 6.45) is 4.06. The highest BCUT2D eigenvalue weighted by molar-refractivity contribution is 5.93. The second-order valence-electron chi connectivity index (χ2n) is 6.13. The fourth-order valence-electron chi connectivity index (χ4n) is 2.21. The fraction of sp³-hybridized carbons (Fsp3) is 0.389. The van der Waals surface area contributed by atoms with Gasteiger partial charge in [0.05, 0.1) is 5.56 Å². The molecule has 1 heterocycles. The Hall–Kier alpha value is -2.43. The molecule has 5 heteroatoms. The van der Waals surface area contributed by atoms with Gasteiger partial charge in [-0.05, 0) is 37.3 Å². The van der Waals surface area contributed by atoms with Crippen LogP contribution in [0.4, 0.5) is 11.6 Å². The van der Waals surface area contributed by atoms with Crippen LogP contribution in [-0.2, 0) is 0 Å². The van der Waals surface area contributed by atoms with E-state index in [9.17, 15) is 4.79 Å². The smallest absolute Gasteiger partial charge is 0.254 e. The molecular formula is C18H24N4O. The van der Waals surface area contributed by atoms with E-state index in [0.717, 1.165) is 23.2 Å². The van der Waals surface area contributed by atoms with Crippen molar-refractivity contribution in [3.63, 3.8) is 0 Å². The van der Waals surface area contributed by atoms with E-state index in [4.69, 9.17) is 0 Å². The number of aryl methyl sites for hydroxylation is 2. The Morgan fingerprint density at radius 1 is 1.13 bits per heavy atom. The summed E-state index contributed by atoms with van der Waals surface area (Å²) in [7, 11) is 0. The molecule has 122 valence electrons. The Labute approximate surface area is 137 Å². The SMILES string of the molecule is Cc1cccc(C)c1Nc1ncc(C(=O)NCCC(C)C)cn1. The van der Waals surface area contributed by atoms with Crippen LogP contribution in [0.25, 0.3) is 0 Å². The number of amides is 1. The third-order valence-corrected chi connectivity index (χ3v) is 3.64. The highest BCUT2D eigenvalue weighted by atomic mass is 16.1. The number of aromatic nitrogens is 2. The number of hydrogen-bond acceptors (Lipinski definition) is 4. The van der Waals surface area contributed by atoms with E-state index in [-0.39, 0.29) is 5.91 Å². The molecule has 0 atom stereocenters. The van der Waals surface area contributed by atoms with E-state index in [1.54, 1.807) is 12.4 Å². The lowest BCUT2D eigenvalue weighted by Crippen LogP contribution is -2.25. The molecule has 0 saturated carbocycles. The lowest BCUT2D eigenvalue weighted by molar-refractivity contribution is 0.0951. The van der Waals surface area contributed by atoms with Crippen molar-refractivity contribution in [3.8, 4) is 0 Å². The quantitative estimate of drug-likeness (QED) is 0.855. The van der Waals surface area contributed by atoms with Gasteiger partial charge in [-0.15, -0.1) is 0 Å². The van der Waals surface area contributed by atoms with Gasteiger partial charge in [0.15, 0.2) is 0 Å². The van der Waals surface area contributed by atoms with Crippen molar-refractivity contribution in [2.75, 3.05) is 11.9 Å². The molecule has 2 aromatic rings. The summed E-state index contributed by atoms with van der Waals surface area (Å²) in [6, 6.07) is 6.08. The maximum Gasteiger partial charge on any atom is 0.254 e. The van der Waals surface area contributed by atoms with Crippen LogP contribution in [0.5, 0.6) is 0 Å². The van der Waals surface area contributed by atoms with Crippen LogP contribution in [0, 0.1) is 19.8 Å². The Morgan fingerprint density at radius 2 is 1.74 bits per heavy atom. The maximum absolute atomic E-state index is 12.0. The van der Waals surface area contributed by atoms with Gasteiger partial charge >= 0.3 is 0 Å². The largest absolute Gasteiger partial charge is 0.352 e. The van der Waals surface area contributed by atoms with Crippen molar-refractivity contribution in [2.24, 2.45) is 5.92 Å². The van der Waals surface area contributed by atoms with Crippen LogP contribution in [0.1, 0.15) is 41.8 Å². The maximum atomic E-state index is 12.0. The van der Waals surface area contributed by atoms with Crippen molar-refractivity contribution >= 4 is 17.5 Å². The predicted octanol–water partition coefficient (Wildman–Crippen LogP) is 3.61. The third kappa shape index (κ3) is 4.77. The average molecular weight is 312 g/mol. The predicted molar refractivity (Wildman–Crippen MR) is 93.0 cm³/mol. The normalized spacial score (nSPS) is 10.7. The van der Waals surface area contributed by atoms with E-state index < -0.39 is 0 Å². The lowest BCUT2D eigenvalue weighted by atomic mass is 10.1. The Bertz CT molecular complexity index is 645. The second kappa shape index (κ2) is 7.72. The fourth-order valence-corrected chi connectivity index (χ4v) is 2.21. The second-order valence-corrected chi connectivity index (χ2v) is 6.13. The van der Waals surface area contributed by atoms with Gasteiger partial charge in [0, 0.05) is 24.6 Å². The minimum atomic E-state index is -0.135. The van der Waals surface area contributed by atoms with Gasteiger partial charge in [-0.25, -0.2) is 9.97 Å². The van der Waals surface area contributed by atoms with Crippen molar-refractivity contribution < 1.29 is 4.79 Å². The van der Waals surface area contributed by atoms with Crippen LogP contribution in [-0.4, -0.2) is 22.4 Å². The first kappa shape index (κ1) is 16.9.